The molecule has 1 saturated carbocycles. The summed E-state index contributed by atoms with van der Waals surface area (Å²) in [6, 6.07) is 3.95. The summed E-state index contributed by atoms with van der Waals surface area (Å²) in [6.07, 6.45) is 6.86. The highest BCUT2D eigenvalue weighted by atomic mass is 16.5. The largest absolute Gasteiger partial charge is 0.477 e. The van der Waals surface area contributed by atoms with Gasteiger partial charge in [0.25, 0.3) is 0 Å². The van der Waals surface area contributed by atoms with Crippen LogP contribution in [0.3, 0.4) is 0 Å². The maximum atomic E-state index is 11.3. The smallest absolute Gasteiger partial charge is 0.217 e. The summed E-state index contributed by atoms with van der Waals surface area (Å²) in [5.41, 5.74) is 6.46. The van der Waals surface area contributed by atoms with Crippen molar-refractivity contribution in [1.29, 1.82) is 0 Å². The Labute approximate surface area is 161 Å². The number of carbonyl (C=O) groups excluding carboxylic acids is 1. The van der Waals surface area contributed by atoms with Gasteiger partial charge in [-0.2, -0.15) is 0 Å². The van der Waals surface area contributed by atoms with Gasteiger partial charge in [-0.3, -0.25) is 4.79 Å². The molecule has 2 fully saturated rings. The zero-order valence-corrected chi connectivity index (χ0v) is 16.2. The number of pyridine rings is 1. The zero-order chi connectivity index (χ0) is 19.1. The fourth-order valence-corrected chi connectivity index (χ4v) is 3.42. The van der Waals surface area contributed by atoms with Crippen molar-refractivity contribution >= 4 is 11.9 Å². The summed E-state index contributed by atoms with van der Waals surface area (Å²) in [5, 5.41) is 3.37. The van der Waals surface area contributed by atoms with E-state index < -0.39 is 0 Å². The lowest BCUT2D eigenvalue weighted by atomic mass is 9.95. The lowest BCUT2D eigenvalue weighted by molar-refractivity contribution is -0.119. The predicted molar refractivity (Wildman–Crippen MR) is 105 cm³/mol. The van der Waals surface area contributed by atoms with E-state index >= 15 is 0 Å². The lowest BCUT2D eigenvalue weighted by Gasteiger charge is -2.34. The molecule has 148 valence electrons. The van der Waals surface area contributed by atoms with Crippen molar-refractivity contribution in [3.8, 4) is 5.88 Å². The second kappa shape index (κ2) is 9.58. The van der Waals surface area contributed by atoms with E-state index in [1.165, 1.54) is 12.8 Å². The van der Waals surface area contributed by atoms with Gasteiger partial charge in [0, 0.05) is 38.3 Å². The van der Waals surface area contributed by atoms with Gasteiger partial charge in [0.2, 0.25) is 11.8 Å². The van der Waals surface area contributed by atoms with Gasteiger partial charge < -0.3 is 20.7 Å². The van der Waals surface area contributed by atoms with Crippen LogP contribution in [0.4, 0.5) is 0 Å². The highest BCUT2D eigenvalue weighted by Gasteiger charge is 2.24. The molecular formula is C20H31N5O2. The number of aliphatic imine (C=N–C) groups is 1. The van der Waals surface area contributed by atoms with Crippen LogP contribution < -0.4 is 15.8 Å². The Morgan fingerprint density at radius 2 is 2.26 bits per heavy atom. The van der Waals surface area contributed by atoms with E-state index in [-0.39, 0.29) is 5.91 Å². The molecule has 0 aromatic carbocycles. The number of nitrogens with two attached hydrogens (primary N) is 1. The number of piperidine rings is 1. The van der Waals surface area contributed by atoms with Gasteiger partial charge >= 0.3 is 0 Å². The number of nitrogens with zero attached hydrogens (tertiary/aromatic N) is 3. The Bertz CT molecular complexity index is 660. The van der Waals surface area contributed by atoms with E-state index in [1.54, 1.807) is 6.20 Å². The Balaban J connectivity index is 1.60. The zero-order valence-electron chi connectivity index (χ0n) is 16.2. The third kappa shape index (κ3) is 6.41. The second-order valence-electron chi connectivity index (χ2n) is 7.55. The Hall–Kier alpha value is -2.31. The third-order valence-corrected chi connectivity index (χ3v) is 5.02. The number of amides is 1. The lowest BCUT2D eigenvalue weighted by Crippen LogP contribution is -2.47. The van der Waals surface area contributed by atoms with Crippen LogP contribution >= 0.6 is 0 Å². The molecule has 1 aliphatic heterocycles. The summed E-state index contributed by atoms with van der Waals surface area (Å²) in [6.45, 7) is 5.98. The van der Waals surface area contributed by atoms with Crippen molar-refractivity contribution in [1.82, 2.24) is 15.2 Å². The first kappa shape index (κ1) is 19.5. The second-order valence-corrected chi connectivity index (χ2v) is 7.55. The van der Waals surface area contributed by atoms with Gasteiger partial charge in [-0.15, -0.1) is 0 Å². The fraction of sp³-hybridized carbons (Fsp3) is 0.650. The number of primary amides is 1. The van der Waals surface area contributed by atoms with Crippen LogP contribution in [-0.2, 0) is 11.3 Å². The van der Waals surface area contributed by atoms with Crippen molar-refractivity contribution in [2.75, 3.05) is 26.2 Å². The van der Waals surface area contributed by atoms with Crippen LogP contribution in [0.25, 0.3) is 0 Å². The molecule has 1 aromatic rings. The molecule has 7 heteroatoms. The number of hydrogen-bond donors (Lipinski definition) is 2. The highest BCUT2D eigenvalue weighted by Crippen LogP contribution is 2.29. The van der Waals surface area contributed by atoms with Gasteiger partial charge in [-0.1, -0.05) is 0 Å². The van der Waals surface area contributed by atoms with Crippen LogP contribution in [0.1, 0.15) is 44.6 Å². The molecule has 0 bridgehead atoms. The quantitative estimate of drug-likeness (QED) is 0.536. The van der Waals surface area contributed by atoms with Gasteiger partial charge in [-0.05, 0) is 56.1 Å². The number of hydrogen-bond acceptors (Lipinski definition) is 4. The molecule has 27 heavy (non-hydrogen) atoms. The summed E-state index contributed by atoms with van der Waals surface area (Å²) < 4.78 is 5.76. The van der Waals surface area contributed by atoms with Crippen LogP contribution in [0.15, 0.2) is 23.3 Å². The predicted octanol–water partition coefficient (Wildman–Crippen LogP) is 1.92. The number of rotatable bonds is 8. The Kier molecular flexibility index (Phi) is 6.90. The van der Waals surface area contributed by atoms with E-state index in [9.17, 15) is 4.79 Å². The summed E-state index contributed by atoms with van der Waals surface area (Å²) in [5.74, 6) is 2.37. The van der Waals surface area contributed by atoms with Gasteiger partial charge in [0.05, 0.1) is 13.2 Å². The van der Waals surface area contributed by atoms with Gasteiger partial charge in [0.15, 0.2) is 5.96 Å². The van der Waals surface area contributed by atoms with E-state index in [0.717, 1.165) is 50.6 Å². The van der Waals surface area contributed by atoms with E-state index in [0.29, 0.717) is 30.7 Å². The third-order valence-electron chi connectivity index (χ3n) is 5.02. The van der Waals surface area contributed by atoms with Gasteiger partial charge in [0.1, 0.15) is 0 Å². The average Bonchev–Trinajstić information content (AvgIpc) is 3.48. The van der Waals surface area contributed by atoms with Crippen LogP contribution in [0.2, 0.25) is 0 Å². The number of nitrogens with one attached hydrogen (secondary N) is 1. The van der Waals surface area contributed by atoms with Crippen molar-refractivity contribution < 1.29 is 9.53 Å². The molecule has 7 nitrogen and oxygen atoms in total. The number of ether oxygens (including phenoxy) is 1. The maximum Gasteiger partial charge on any atom is 0.217 e. The molecule has 2 aliphatic rings. The van der Waals surface area contributed by atoms with Crippen molar-refractivity contribution in [3.05, 3.63) is 23.9 Å². The molecule has 1 unspecified atom stereocenters. The van der Waals surface area contributed by atoms with Crippen molar-refractivity contribution in [2.24, 2.45) is 22.6 Å². The minimum Gasteiger partial charge on any atom is -0.477 e. The molecular weight excluding hydrogens is 342 g/mol. The SMILES string of the molecule is CCNC(=NCc1ccnc(OCC2CC2)c1)N1CCCC(CC(N)=O)C1. The molecule has 3 rings (SSSR count). The van der Waals surface area contributed by atoms with Crippen molar-refractivity contribution in [2.45, 2.75) is 45.6 Å². The van der Waals surface area contributed by atoms with Gasteiger partial charge in [-0.25, -0.2) is 9.98 Å². The molecule has 1 saturated heterocycles. The minimum atomic E-state index is -0.223. The molecule has 3 N–H and O–H groups in total. The highest BCUT2D eigenvalue weighted by molar-refractivity contribution is 5.80. The summed E-state index contributed by atoms with van der Waals surface area (Å²) in [7, 11) is 0. The number of likely N-dealkylation sites (tertiary alicyclic amines) is 1. The molecule has 0 spiro atoms. The topological polar surface area (TPSA) is 92.8 Å². The van der Waals surface area contributed by atoms with Crippen LogP contribution in [0, 0.1) is 11.8 Å². The van der Waals surface area contributed by atoms with E-state index in [2.05, 4.69) is 22.1 Å². The molecule has 0 radical (unpaired) electrons. The fourth-order valence-electron chi connectivity index (χ4n) is 3.42. The number of carbonyl (C=O) groups is 1. The molecule has 1 atom stereocenters. The molecule has 1 amide bonds. The van der Waals surface area contributed by atoms with Crippen LogP contribution in [-0.4, -0.2) is 48.0 Å². The average molecular weight is 374 g/mol. The maximum absolute atomic E-state index is 11.3. The summed E-state index contributed by atoms with van der Waals surface area (Å²) >= 11 is 0. The Morgan fingerprint density at radius 3 is 3.00 bits per heavy atom. The monoisotopic (exact) mass is 373 g/mol. The Morgan fingerprint density at radius 1 is 1.41 bits per heavy atom. The van der Waals surface area contributed by atoms with E-state index in [4.69, 9.17) is 15.5 Å². The minimum absolute atomic E-state index is 0.223. The van der Waals surface area contributed by atoms with Crippen LogP contribution in [0.5, 0.6) is 5.88 Å². The first-order valence-corrected chi connectivity index (χ1v) is 10.0. The first-order valence-electron chi connectivity index (χ1n) is 10.0. The number of guanidine groups is 1. The number of aromatic nitrogens is 1. The summed E-state index contributed by atoms with van der Waals surface area (Å²) in [4.78, 5) is 22.6. The van der Waals surface area contributed by atoms with Crippen molar-refractivity contribution in [3.63, 3.8) is 0 Å². The van der Waals surface area contributed by atoms with E-state index in [1.807, 2.05) is 12.1 Å². The first-order chi connectivity index (χ1) is 13.1. The standard InChI is InChI=1S/C20H31N5O2/c1-2-22-20(25-9-3-4-17(13-25)10-18(21)26)24-12-16-7-8-23-19(11-16)27-14-15-5-6-15/h7-8,11,15,17H,2-6,9-10,12-14H2,1H3,(H2,21,26)(H,22,24). The normalized spacial score (nSPS) is 20.4. The molecule has 1 aromatic heterocycles. The molecule has 1 aliphatic carbocycles. The molecule has 2 heterocycles.